The van der Waals surface area contributed by atoms with Gasteiger partial charge in [0.2, 0.25) is 7.14 Å². The Morgan fingerprint density at radius 2 is 1.30 bits per heavy atom. The Morgan fingerprint density at radius 1 is 0.850 bits per heavy atom. The average molecular weight is 383 g/mol. The van der Waals surface area contributed by atoms with E-state index >= 15 is 0 Å². The summed E-state index contributed by atoms with van der Waals surface area (Å²) in [6.07, 6.45) is 0. The molecule has 2 aromatic rings. The van der Waals surface area contributed by atoms with Gasteiger partial charge in [0.1, 0.15) is 0 Å². The largest absolute Gasteiger partial charge is 0.478 e. The molecule has 0 saturated heterocycles. The number of hydrogen-bond acceptors (Lipinski definition) is 3. The first-order valence-corrected chi connectivity index (χ1v) is 7.78. The van der Waals surface area contributed by atoms with E-state index < -0.39 is 33.1 Å². The van der Waals surface area contributed by atoms with Gasteiger partial charge in [0.15, 0.2) is 11.5 Å². The van der Waals surface area contributed by atoms with Crippen molar-refractivity contribution in [2.24, 2.45) is 0 Å². The van der Waals surface area contributed by atoms with Gasteiger partial charge in [-0.05, 0) is 24.3 Å². The fourth-order valence-electron chi connectivity index (χ4n) is 1.81. The van der Waals surface area contributed by atoms with Crippen molar-refractivity contribution in [2.75, 3.05) is 0 Å². The molecule has 100 valence electrons. The zero-order valence-corrected chi connectivity index (χ0v) is 12.1. The van der Waals surface area contributed by atoms with Gasteiger partial charge in [0.05, 0.1) is 11.1 Å². The van der Waals surface area contributed by atoms with E-state index in [0.29, 0.717) is 11.5 Å². The number of fused-ring (bicyclic) bond motifs is 2. The summed E-state index contributed by atoms with van der Waals surface area (Å²) in [5.41, 5.74) is 0.426. The first-order chi connectivity index (χ1) is 9.54. The molecule has 0 amide bonds. The lowest BCUT2D eigenvalue weighted by Crippen LogP contribution is -3.62. The lowest BCUT2D eigenvalue weighted by molar-refractivity contribution is -0.602. The van der Waals surface area contributed by atoms with Gasteiger partial charge in [-0.3, -0.25) is 0 Å². The molecule has 0 unspecified atom stereocenters. The van der Waals surface area contributed by atoms with Crippen LogP contribution in [-0.4, -0.2) is 22.2 Å². The number of carbonyl (C=O) groups is 2. The summed E-state index contributed by atoms with van der Waals surface area (Å²) in [6, 6.07) is 9.49. The number of carboxylic acids is 2. The highest BCUT2D eigenvalue weighted by Gasteiger charge is 2.33. The van der Waals surface area contributed by atoms with Crippen LogP contribution >= 0.6 is 0 Å². The molecule has 0 spiro atoms. The monoisotopic (exact) mass is 383 g/mol. The van der Waals surface area contributed by atoms with E-state index in [9.17, 15) is 9.59 Å². The molecule has 0 atom stereocenters. The van der Waals surface area contributed by atoms with Crippen molar-refractivity contribution in [1.29, 1.82) is 0 Å². The normalized spacial score (nSPS) is 12.0. The van der Waals surface area contributed by atoms with Gasteiger partial charge in [-0.2, -0.15) is 0 Å². The van der Waals surface area contributed by atoms with Gasteiger partial charge in [0, 0.05) is 12.1 Å². The Bertz CT molecular complexity index is 677. The molecule has 1 aliphatic rings. The van der Waals surface area contributed by atoms with Gasteiger partial charge in [-0.25, -0.2) is 9.59 Å². The van der Waals surface area contributed by atoms with E-state index in [-0.39, 0.29) is 11.1 Å². The van der Waals surface area contributed by atoms with Crippen molar-refractivity contribution < 1.29 is 45.7 Å². The zero-order valence-electron chi connectivity index (χ0n) is 9.96. The standard InChI is InChI=1S/C14H7IO5/c16-13(17)7-1-3-11-9(5-7)15-10-6-8(14(18)19)2-4-12(10)20-11/h1-6H,(H-,16,17,18,19)/p+1. The number of halogens is 1. The van der Waals surface area contributed by atoms with Crippen molar-refractivity contribution in [2.45, 2.75) is 0 Å². The van der Waals surface area contributed by atoms with E-state index in [2.05, 4.69) is 0 Å². The molecule has 2 N–H and O–H groups in total. The second kappa shape index (κ2) is 4.78. The Morgan fingerprint density at radius 3 is 1.70 bits per heavy atom. The first kappa shape index (κ1) is 12.9. The highest BCUT2D eigenvalue weighted by molar-refractivity contribution is 5.88. The van der Waals surface area contributed by atoms with Gasteiger partial charge in [-0.15, -0.1) is 0 Å². The molecule has 3 rings (SSSR count). The van der Waals surface area contributed by atoms with Gasteiger partial charge >= 0.3 is 33.1 Å². The van der Waals surface area contributed by atoms with Crippen molar-refractivity contribution in [1.82, 2.24) is 0 Å². The topological polar surface area (TPSA) is 83.8 Å². The van der Waals surface area contributed by atoms with Crippen molar-refractivity contribution in [3.8, 4) is 11.5 Å². The van der Waals surface area contributed by atoms with E-state index in [1.165, 1.54) is 12.1 Å². The summed E-state index contributed by atoms with van der Waals surface area (Å²) in [4.78, 5) is 21.9. The SMILES string of the molecule is O=C(O)c1ccc2c(c1)[I+]c1cc(C(=O)O)ccc1O2. The molecule has 6 heteroatoms. The lowest BCUT2D eigenvalue weighted by atomic mass is 10.2. The number of aromatic carboxylic acids is 2. The Hall–Kier alpha value is -2.09. The maximum atomic E-state index is 11.0. The van der Waals surface area contributed by atoms with Crippen LogP contribution in [0.3, 0.4) is 0 Å². The van der Waals surface area contributed by atoms with Crippen LogP contribution < -0.4 is 25.9 Å². The molecule has 0 aliphatic carbocycles. The van der Waals surface area contributed by atoms with Gasteiger partial charge < -0.3 is 14.9 Å². The lowest BCUT2D eigenvalue weighted by Gasteiger charge is -2.11. The van der Waals surface area contributed by atoms with E-state index in [1.807, 2.05) is 0 Å². The van der Waals surface area contributed by atoms with Crippen LogP contribution in [0.2, 0.25) is 0 Å². The van der Waals surface area contributed by atoms with Crippen molar-refractivity contribution in [3.63, 3.8) is 0 Å². The fraction of sp³-hybridized carbons (Fsp3) is 0. The number of hydrogen-bond donors (Lipinski definition) is 2. The molecule has 0 radical (unpaired) electrons. The minimum atomic E-state index is -0.984. The van der Waals surface area contributed by atoms with Crippen LogP contribution in [-0.2, 0) is 0 Å². The highest BCUT2D eigenvalue weighted by Crippen LogP contribution is 2.25. The summed E-state index contributed by atoms with van der Waals surface area (Å²) in [5.74, 6) is -0.666. The minimum absolute atomic E-state index is 0.213. The molecular weight excluding hydrogens is 375 g/mol. The van der Waals surface area contributed by atoms with Gasteiger partial charge in [-0.1, -0.05) is 0 Å². The molecule has 0 saturated carbocycles. The number of benzene rings is 2. The highest BCUT2D eigenvalue weighted by atomic mass is 127. The van der Waals surface area contributed by atoms with Crippen LogP contribution in [0.5, 0.6) is 11.5 Å². The van der Waals surface area contributed by atoms with E-state index in [1.54, 1.807) is 24.3 Å². The Balaban J connectivity index is 2.03. The number of rotatable bonds is 2. The molecular formula is C14H8IO5+. The third-order valence-electron chi connectivity index (χ3n) is 2.78. The number of carboxylic acid groups (broad SMARTS) is 2. The van der Waals surface area contributed by atoms with Crippen LogP contribution in [0.15, 0.2) is 36.4 Å². The maximum Gasteiger partial charge on any atom is 0.366 e. The smallest absolute Gasteiger partial charge is 0.366 e. The summed E-state index contributed by atoms with van der Waals surface area (Å²) in [5, 5.41) is 18.0. The first-order valence-electron chi connectivity index (χ1n) is 5.62. The molecule has 20 heavy (non-hydrogen) atoms. The maximum absolute atomic E-state index is 11.0. The van der Waals surface area contributed by atoms with Crippen LogP contribution in [0.4, 0.5) is 0 Å². The summed E-state index contributed by atoms with van der Waals surface area (Å²) >= 11 is -0.661. The summed E-state index contributed by atoms with van der Waals surface area (Å²) in [7, 11) is 0. The molecule has 2 aromatic carbocycles. The molecule has 1 heterocycles. The second-order valence-electron chi connectivity index (χ2n) is 4.10. The quantitative estimate of drug-likeness (QED) is 0.573. The summed E-state index contributed by atoms with van der Waals surface area (Å²) in [6.45, 7) is 0. The Labute approximate surface area is 124 Å². The minimum Gasteiger partial charge on any atom is -0.478 e. The van der Waals surface area contributed by atoms with E-state index in [4.69, 9.17) is 14.9 Å². The molecule has 5 nitrogen and oxygen atoms in total. The molecule has 0 bridgehead atoms. The third kappa shape index (κ3) is 2.22. The predicted molar refractivity (Wildman–Crippen MR) is 64.3 cm³/mol. The molecule has 0 fully saturated rings. The zero-order chi connectivity index (χ0) is 14.3. The van der Waals surface area contributed by atoms with Gasteiger partial charge in [0.25, 0.3) is 0 Å². The van der Waals surface area contributed by atoms with E-state index in [0.717, 1.165) is 7.14 Å². The third-order valence-corrected chi connectivity index (χ3v) is 5.63. The summed E-state index contributed by atoms with van der Waals surface area (Å²) < 4.78 is 7.38. The second-order valence-corrected chi connectivity index (χ2v) is 6.96. The van der Waals surface area contributed by atoms with Crippen LogP contribution in [0.1, 0.15) is 20.7 Å². The van der Waals surface area contributed by atoms with Crippen molar-refractivity contribution in [3.05, 3.63) is 54.7 Å². The fourth-order valence-corrected chi connectivity index (χ4v) is 4.53. The Kier molecular flexibility index (Phi) is 3.09. The van der Waals surface area contributed by atoms with Crippen LogP contribution in [0, 0.1) is 7.14 Å². The molecule has 1 aliphatic heterocycles. The van der Waals surface area contributed by atoms with Crippen molar-refractivity contribution >= 4 is 11.9 Å². The molecule has 0 aromatic heterocycles. The predicted octanol–water partition coefficient (Wildman–Crippen LogP) is -0.683. The average Bonchev–Trinajstić information content (AvgIpc) is 2.43. The van der Waals surface area contributed by atoms with Crippen LogP contribution in [0.25, 0.3) is 0 Å². The number of ether oxygens (including phenoxy) is 1.